The third kappa shape index (κ3) is 3.52. The van der Waals surface area contributed by atoms with Crippen molar-refractivity contribution in [3.8, 4) is 0 Å². The van der Waals surface area contributed by atoms with E-state index < -0.39 is 17.6 Å². The van der Waals surface area contributed by atoms with Gasteiger partial charge in [-0.05, 0) is 43.2 Å². The van der Waals surface area contributed by atoms with Crippen LogP contribution in [0.4, 0.5) is 14.5 Å². The fourth-order valence-electron chi connectivity index (χ4n) is 3.21. The van der Waals surface area contributed by atoms with Crippen LogP contribution in [0.15, 0.2) is 12.1 Å². The van der Waals surface area contributed by atoms with Gasteiger partial charge in [0, 0.05) is 6.04 Å². The predicted octanol–water partition coefficient (Wildman–Crippen LogP) is 3.99. The fourth-order valence-corrected chi connectivity index (χ4v) is 3.21. The van der Waals surface area contributed by atoms with E-state index >= 15 is 0 Å². The van der Waals surface area contributed by atoms with Gasteiger partial charge in [0.25, 0.3) is 0 Å². The minimum absolute atomic E-state index is 0.103. The average Bonchev–Trinajstić information content (AvgIpc) is 2.42. The first kappa shape index (κ1) is 15.7. The lowest BCUT2D eigenvalue weighted by atomic mass is 9.80. The molecule has 1 saturated carbocycles. The maximum atomic E-state index is 14.1. The summed E-state index contributed by atoms with van der Waals surface area (Å²) in [5.74, 6) is -1.94. The molecule has 1 aliphatic carbocycles. The number of hydrogen-bond acceptors (Lipinski definition) is 3. The molecule has 3 nitrogen and oxygen atoms in total. The van der Waals surface area contributed by atoms with Crippen LogP contribution in [0.1, 0.15) is 43.5 Å². The quantitative estimate of drug-likeness (QED) is 0.857. The number of carbonyl (C=O) groups is 1. The predicted molar refractivity (Wildman–Crippen MR) is 77.3 cm³/mol. The third-order valence-electron chi connectivity index (χ3n) is 4.03. The number of halogens is 2. The zero-order valence-electron chi connectivity index (χ0n) is 12.6. The van der Waals surface area contributed by atoms with Crippen LogP contribution in [0, 0.1) is 23.5 Å². The highest BCUT2D eigenvalue weighted by atomic mass is 19.2. The van der Waals surface area contributed by atoms with Gasteiger partial charge in [0.2, 0.25) is 0 Å². The number of carbonyl (C=O) groups excluding carboxylic acids is 1. The maximum Gasteiger partial charge on any atom is 0.340 e. The first-order valence-electron chi connectivity index (χ1n) is 7.25. The van der Waals surface area contributed by atoms with Crippen molar-refractivity contribution < 1.29 is 18.3 Å². The number of rotatable bonds is 3. The first-order valence-corrected chi connectivity index (χ1v) is 7.25. The van der Waals surface area contributed by atoms with E-state index in [1.165, 1.54) is 12.1 Å². The number of methoxy groups -OCH3 is 1. The summed E-state index contributed by atoms with van der Waals surface area (Å²) >= 11 is 0. The molecule has 0 aromatic heterocycles. The first-order chi connectivity index (χ1) is 9.92. The van der Waals surface area contributed by atoms with Gasteiger partial charge in [-0.15, -0.1) is 0 Å². The van der Waals surface area contributed by atoms with Crippen molar-refractivity contribution >= 4 is 11.7 Å². The standard InChI is InChI=1S/C16H21F2NO2/c1-9-6-10(2)8-11(7-9)19-13-5-4-12(16(20)21-3)14(17)15(13)18/h4-5,9-11,19H,6-8H2,1-3H3. The smallest absolute Gasteiger partial charge is 0.340 e. The normalized spacial score (nSPS) is 25.5. The van der Waals surface area contributed by atoms with Crippen molar-refractivity contribution in [3.63, 3.8) is 0 Å². The Morgan fingerprint density at radius 1 is 1.14 bits per heavy atom. The van der Waals surface area contributed by atoms with Crippen molar-refractivity contribution in [2.45, 2.75) is 39.2 Å². The number of nitrogens with one attached hydrogen (secondary N) is 1. The Balaban J connectivity index is 2.17. The molecule has 116 valence electrons. The fraction of sp³-hybridized carbons (Fsp3) is 0.562. The van der Waals surface area contributed by atoms with E-state index in [9.17, 15) is 13.6 Å². The van der Waals surface area contributed by atoms with Crippen LogP contribution < -0.4 is 5.32 Å². The Morgan fingerprint density at radius 3 is 2.33 bits per heavy atom. The Bertz CT molecular complexity index is 523. The summed E-state index contributed by atoms with van der Waals surface area (Å²) in [5, 5.41) is 3.07. The second-order valence-electron chi connectivity index (χ2n) is 6.04. The van der Waals surface area contributed by atoms with Gasteiger partial charge in [-0.3, -0.25) is 0 Å². The number of ether oxygens (including phenoxy) is 1. The van der Waals surface area contributed by atoms with Crippen LogP contribution in [-0.2, 0) is 4.74 Å². The minimum Gasteiger partial charge on any atom is -0.465 e. The Kier molecular flexibility index (Phi) is 4.80. The summed E-state index contributed by atoms with van der Waals surface area (Å²) in [7, 11) is 1.14. The molecule has 0 spiro atoms. The molecule has 2 atom stereocenters. The van der Waals surface area contributed by atoms with Crippen molar-refractivity contribution in [1.29, 1.82) is 0 Å². The van der Waals surface area contributed by atoms with E-state index in [1.807, 2.05) is 0 Å². The monoisotopic (exact) mass is 297 g/mol. The largest absolute Gasteiger partial charge is 0.465 e. The highest BCUT2D eigenvalue weighted by molar-refractivity contribution is 5.90. The Morgan fingerprint density at radius 2 is 1.76 bits per heavy atom. The van der Waals surface area contributed by atoms with Gasteiger partial charge in [0.1, 0.15) is 0 Å². The highest BCUT2D eigenvalue weighted by Crippen LogP contribution is 2.31. The van der Waals surface area contributed by atoms with Gasteiger partial charge in [0.15, 0.2) is 11.6 Å². The van der Waals surface area contributed by atoms with E-state index in [1.54, 1.807) is 0 Å². The zero-order valence-corrected chi connectivity index (χ0v) is 12.6. The SMILES string of the molecule is COC(=O)c1ccc(NC2CC(C)CC(C)C2)c(F)c1F. The summed E-state index contributed by atoms with van der Waals surface area (Å²) in [5.41, 5.74) is -0.280. The number of anilines is 1. The van der Waals surface area contributed by atoms with Crippen molar-refractivity contribution in [1.82, 2.24) is 0 Å². The minimum atomic E-state index is -1.16. The number of esters is 1. The van der Waals surface area contributed by atoms with Crippen LogP contribution in [0.5, 0.6) is 0 Å². The number of benzene rings is 1. The van der Waals surface area contributed by atoms with E-state index in [4.69, 9.17) is 0 Å². The van der Waals surface area contributed by atoms with Crippen molar-refractivity contribution in [2.75, 3.05) is 12.4 Å². The second-order valence-corrected chi connectivity index (χ2v) is 6.04. The molecule has 1 aliphatic rings. The van der Waals surface area contributed by atoms with Gasteiger partial charge < -0.3 is 10.1 Å². The summed E-state index contributed by atoms with van der Waals surface area (Å²) in [6.45, 7) is 4.34. The molecule has 2 rings (SSSR count). The van der Waals surface area contributed by atoms with Crippen LogP contribution in [0.2, 0.25) is 0 Å². The molecule has 2 unspecified atom stereocenters. The summed E-state index contributed by atoms with van der Waals surface area (Å²) in [6.07, 6.45) is 3.03. The third-order valence-corrected chi connectivity index (χ3v) is 4.03. The van der Waals surface area contributed by atoms with E-state index in [2.05, 4.69) is 23.9 Å². The molecular weight excluding hydrogens is 276 g/mol. The molecule has 1 aromatic rings. The molecule has 0 heterocycles. The van der Waals surface area contributed by atoms with E-state index in [0.717, 1.165) is 26.4 Å². The van der Waals surface area contributed by atoms with Gasteiger partial charge in [0.05, 0.1) is 18.4 Å². The Hall–Kier alpha value is -1.65. The molecular formula is C16H21F2NO2. The van der Waals surface area contributed by atoms with Gasteiger partial charge in [-0.1, -0.05) is 13.8 Å². The maximum absolute atomic E-state index is 14.1. The van der Waals surface area contributed by atoms with Gasteiger partial charge in [-0.2, -0.15) is 0 Å². The Labute approximate surface area is 123 Å². The van der Waals surface area contributed by atoms with Crippen LogP contribution >= 0.6 is 0 Å². The summed E-state index contributed by atoms with van der Waals surface area (Å²) in [4.78, 5) is 11.3. The highest BCUT2D eigenvalue weighted by Gasteiger charge is 2.26. The zero-order chi connectivity index (χ0) is 15.6. The van der Waals surface area contributed by atoms with Gasteiger partial charge in [-0.25, -0.2) is 13.6 Å². The summed E-state index contributed by atoms with van der Waals surface area (Å²) < 4.78 is 32.4. The van der Waals surface area contributed by atoms with Crippen molar-refractivity contribution in [2.24, 2.45) is 11.8 Å². The average molecular weight is 297 g/mol. The molecule has 1 fully saturated rings. The van der Waals surface area contributed by atoms with Crippen LogP contribution in [0.25, 0.3) is 0 Å². The summed E-state index contributed by atoms with van der Waals surface area (Å²) in [6, 6.07) is 2.78. The molecule has 1 N–H and O–H groups in total. The molecule has 0 aliphatic heterocycles. The van der Waals surface area contributed by atoms with Crippen LogP contribution in [-0.4, -0.2) is 19.1 Å². The second kappa shape index (κ2) is 6.41. The lowest BCUT2D eigenvalue weighted by Crippen LogP contribution is -2.30. The molecule has 5 heteroatoms. The van der Waals surface area contributed by atoms with E-state index in [-0.39, 0.29) is 17.3 Å². The molecule has 0 radical (unpaired) electrons. The van der Waals surface area contributed by atoms with E-state index in [0.29, 0.717) is 11.8 Å². The van der Waals surface area contributed by atoms with Gasteiger partial charge >= 0.3 is 5.97 Å². The molecule has 21 heavy (non-hydrogen) atoms. The topological polar surface area (TPSA) is 38.3 Å². The molecule has 0 bridgehead atoms. The molecule has 0 saturated heterocycles. The van der Waals surface area contributed by atoms with Crippen molar-refractivity contribution in [3.05, 3.63) is 29.3 Å². The molecule has 0 amide bonds. The number of hydrogen-bond donors (Lipinski definition) is 1. The lowest BCUT2D eigenvalue weighted by Gasteiger charge is -2.32. The lowest BCUT2D eigenvalue weighted by molar-refractivity contribution is 0.0594. The van der Waals surface area contributed by atoms with Crippen LogP contribution in [0.3, 0.4) is 0 Å². The molecule has 1 aromatic carbocycles.